The van der Waals surface area contributed by atoms with Gasteiger partial charge < -0.3 is 5.73 Å². The SMILES string of the molecule is CCC(CCN)CNS(=O)(=O)Cc1ccccc1. The van der Waals surface area contributed by atoms with E-state index in [1.165, 1.54) is 0 Å². The second kappa shape index (κ2) is 7.51. The zero-order valence-corrected chi connectivity index (χ0v) is 11.6. The first-order valence-electron chi connectivity index (χ1n) is 6.28. The van der Waals surface area contributed by atoms with Gasteiger partial charge in [-0.15, -0.1) is 0 Å². The Morgan fingerprint density at radius 1 is 1.28 bits per heavy atom. The van der Waals surface area contributed by atoms with Gasteiger partial charge in [-0.25, -0.2) is 13.1 Å². The van der Waals surface area contributed by atoms with Crippen molar-refractivity contribution in [1.82, 2.24) is 4.72 Å². The topological polar surface area (TPSA) is 72.2 Å². The Balaban J connectivity index is 2.50. The van der Waals surface area contributed by atoms with Crippen LogP contribution in [-0.2, 0) is 15.8 Å². The molecule has 0 bridgehead atoms. The molecule has 0 fully saturated rings. The number of nitrogens with one attached hydrogen (secondary N) is 1. The molecule has 1 unspecified atom stereocenters. The van der Waals surface area contributed by atoms with Crippen LogP contribution in [-0.4, -0.2) is 21.5 Å². The largest absolute Gasteiger partial charge is 0.330 e. The van der Waals surface area contributed by atoms with E-state index in [1.54, 1.807) is 0 Å². The number of nitrogens with two attached hydrogens (primary N) is 1. The molecular formula is C13H22N2O2S. The van der Waals surface area contributed by atoms with Crippen LogP contribution in [0.25, 0.3) is 0 Å². The normalized spacial score (nSPS) is 13.4. The van der Waals surface area contributed by atoms with Crippen LogP contribution in [0.1, 0.15) is 25.3 Å². The molecule has 5 heteroatoms. The summed E-state index contributed by atoms with van der Waals surface area (Å²) in [6.07, 6.45) is 1.79. The van der Waals surface area contributed by atoms with Crippen LogP contribution in [0, 0.1) is 5.92 Å². The van der Waals surface area contributed by atoms with Gasteiger partial charge in [-0.3, -0.25) is 0 Å². The summed E-state index contributed by atoms with van der Waals surface area (Å²) >= 11 is 0. The van der Waals surface area contributed by atoms with Crippen molar-refractivity contribution in [3.63, 3.8) is 0 Å². The first kappa shape index (κ1) is 15.1. The van der Waals surface area contributed by atoms with E-state index in [0.717, 1.165) is 18.4 Å². The highest BCUT2D eigenvalue weighted by atomic mass is 32.2. The highest BCUT2D eigenvalue weighted by Crippen LogP contribution is 2.08. The van der Waals surface area contributed by atoms with Crippen molar-refractivity contribution >= 4 is 10.0 Å². The smallest absolute Gasteiger partial charge is 0.215 e. The van der Waals surface area contributed by atoms with Crippen LogP contribution in [0.2, 0.25) is 0 Å². The third kappa shape index (κ3) is 5.62. The molecule has 0 heterocycles. The zero-order valence-electron chi connectivity index (χ0n) is 10.8. The van der Waals surface area contributed by atoms with Crippen LogP contribution >= 0.6 is 0 Å². The minimum Gasteiger partial charge on any atom is -0.330 e. The zero-order chi connectivity index (χ0) is 13.4. The van der Waals surface area contributed by atoms with Crippen LogP contribution in [0.5, 0.6) is 0 Å². The minimum atomic E-state index is -3.25. The minimum absolute atomic E-state index is 0.0346. The Morgan fingerprint density at radius 3 is 2.50 bits per heavy atom. The maximum Gasteiger partial charge on any atom is 0.215 e. The molecule has 0 saturated carbocycles. The van der Waals surface area contributed by atoms with Crippen molar-refractivity contribution in [3.8, 4) is 0 Å². The fourth-order valence-electron chi connectivity index (χ4n) is 1.78. The third-order valence-corrected chi connectivity index (χ3v) is 4.26. The molecule has 3 N–H and O–H groups in total. The van der Waals surface area contributed by atoms with E-state index in [-0.39, 0.29) is 5.75 Å². The summed E-state index contributed by atoms with van der Waals surface area (Å²) in [6.45, 7) is 3.12. The first-order chi connectivity index (χ1) is 8.57. The Bertz CT molecular complexity index is 432. The van der Waals surface area contributed by atoms with E-state index in [1.807, 2.05) is 37.3 Å². The summed E-state index contributed by atoms with van der Waals surface area (Å²) in [7, 11) is -3.25. The number of benzene rings is 1. The Labute approximate surface area is 110 Å². The van der Waals surface area contributed by atoms with Crippen molar-refractivity contribution in [3.05, 3.63) is 35.9 Å². The summed E-state index contributed by atoms with van der Waals surface area (Å²) in [6, 6.07) is 9.19. The maximum absolute atomic E-state index is 11.9. The molecule has 1 aromatic rings. The van der Waals surface area contributed by atoms with Crippen LogP contribution in [0.3, 0.4) is 0 Å². The van der Waals surface area contributed by atoms with E-state index in [0.29, 0.717) is 19.0 Å². The lowest BCUT2D eigenvalue weighted by atomic mass is 10.0. The number of hydrogen-bond acceptors (Lipinski definition) is 3. The molecule has 1 aromatic carbocycles. The molecule has 0 radical (unpaired) electrons. The van der Waals surface area contributed by atoms with Crippen molar-refractivity contribution in [2.45, 2.75) is 25.5 Å². The summed E-state index contributed by atoms with van der Waals surface area (Å²) in [5.74, 6) is 0.355. The van der Waals surface area contributed by atoms with Gasteiger partial charge in [0.1, 0.15) is 0 Å². The number of rotatable bonds is 8. The Kier molecular flexibility index (Phi) is 6.32. The lowest BCUT2D eigenvalue weighted by Crippen LogP contribution is -2.31. The van der Waals surface area contributed by atoms with E-state index >= 15 is 0 Å². The Morgan fingerprint density at radius 2 is 1.94 bits per heavy atom. The van der Waals surface area contributed by atoms with Crippen molar-refractivity contribution < 1.29 is 8.42 Å². The summed E-state index contributed by atoms with van der Waals surface area (Å²) in [5, 5.41) is 0. The van der Waals surface area contributed by atoms with Gasteiger partial charge in [0.25, 0.3) is 0 Å². The average molecular weight is 270 g/mol. The molecule has 1 atom stereocenters. The van der Waals surface area contributed by atoms with Crippen LogP contribution in [0.15, 0.2) is 30.3 Å². The van der Waals surface area contributed by atoms with E-state index < -0.39 is 10.0 Å². The van der Waals surface area contributed by atoms with Gasteiger partial charge in [0.15, 0.2) is 0 Å². The Hall–Kier alpha value is -0.910. The molecule has 0 saturated heterocycles. The molecule has 102 valence electrons. The molecule has 0 aliphatic heterocycles. The van der Waals surface area contributed by atoms with Gasteiger partial charge in [-0.1, -0.05) is 43.7 Å². The number of hydrogen-bond donors (Lipinski definition) is 2. The molecule has 0 aliphatic carbocycles. The van der Waals surface area contributed by atoms with Crippen molar-refractivity contribution in [2.75, 3.05) is 13.1 Å². The monoisotopic (exact) mass is 270 g/mol. The average Bonchev–Trinajstić information content (AvgIpc) is 2.35. The molecule has 0 spiro atoms. The predicted octanol–water partition coefficient (Wildman–Crippen LogP) is 1.48. The molecule has 0 aromatic heterocycles. The standard InChI is InChI=1S/C13H22N2O2S/c1-2-12(8-9-14)10-15-18(16,17)11-13-6-4-3-5-7-13/h3-7,12,15H,2,8-11,14H2,1H3. The van der Waals surface area contributed by atoms with Crippen molar-refractivity contribution in [2.24, 2.45) is 11.7 Å². The maximum atomic E-state index is 11.9. The molecule has 1 rings (SSSR count). The highest BCUT2D eigenvalue weighted by molar-refractivity contribution is 7.88. The lowest BCUT2D eigenvalue weighted by Gasteiger charge is -2.14. The summed E-state index contributed by atoms with van der Waals surface area (Å²) in [5.41, 5.74) is 6.29. The summed E-state index contributed by atoms with van der Waals surface area (Å²) in [4.78, 5) is 0. The van der Waals surface area contributed by atoms with Crippen LogP contribution in [0.4, 0.5) is 0 Å². The van der Waals surface area contributed by atoms with Gasteiger partial charge >= 0.3 is 0 Å². The van der Waals surface area contributed by atoms with Crippen molar-refractivity contribution in [1.29, 1.82) is 0 Å². The molecular weight excluding hydrogens is 248 g/mol. The fourth-order valence-corrected chi connectivity index (χ4v) is 3.00. The second-order valence-corrected chi connectivity index (χ2v) is 6.25. The third-order valence-electron chi connectivity index (χ3n) is 2.94. The van der Waals surface area contributed by atoms with Gasteiger partial charge in [-0.2, -0.15) is 0 Å². The number of sulfonamides is 1. The lowest BCUT2D eigenvalue weighted by molar-refractivity contribution is 0.465. The van der Waals surface area contributed by atoms with Gasteiger partial charge in [0, 0.05) is 6.54 Å². The van der Waals surface area contributed by atoms with E-state index in [9.17, 15) is 8.42 Å². The van der Waals surface area contributed by atoms with E-state index in [2.05, 4.69) is 4.72 Å². The quantitative estimate of drug-likeness (QED) is 0.751. The van der Waals surface area contributed by atoms with Gasteiger partial charge in [0.05, 0.1) is 5.75 Å². The molecule has 4 nitrogen and oxygen atoms in total. The molecule has 0 amide bonds. The fraction of sp³-hybridized carbons (Fsp3) is 0.538. The second-order valence-electron chi connectivity index (χ2n) is 4.44. The highest BCUT2D eigenvalue weighted by Gasteiger charge is 2.13. The molecule has 18 heavy (non-hydrogen) atoms. The molecule has 0 aliphatic rings. The van der Waals surface area contributed by atoms with E-state index in [4.69, 9.17) is 5.73 Å². The van der Waals surface area contributed by atoms with Gasteiger partial charge in [-0.05, 0) is 24.4 Å². The predicted molar refractivity (Wildman–Crippen MR) is 74.5 cm³/mol. The summed E-state index contributed by atoms with van der Waals surface area (Å²) < 4.78 is 26.4. The first-order valence-corrected chi connectivity index (χ1v) is 7.94. The van der Waals surface area contributed by atoms with Gasteiger partial charge in [0.2, 0.25) is 10.0 Å². The van der Waals surface area contributed by atoms with Crippen LogP contribution < -0.4 is 10.5 Å².